The van der Waals surface area contributed by atoms with Crippen molar-refractivity contribution in [2.45, 2.75) is 97.2 Å². The van der Waals surface area contributed by atoms with Gasteiger partial charge in [-0.25, -0.2) is 9.59 Å². The maximum Gasteiger partial charge on any atom is 0.352 e. The first-order chi connectivity index (χ1) is 24.5. The molecule has 0 aliphatic carbocycles. The van der Waals surface area contributed by atoms with E-state index >= 15 is 0 Å². The molecule has 0 radical (unpaired) electrons. The number of carboxylic acids is 2. The highest BCUT2D eigenvalue weighted by Crippen LogP contribution is 2.48. The number of amides is 2. The molecule has 0 saturated carbocycles. The molecule has 2 amide bonds. The van der Waals surface area contributed by atoms with Crippen LogP contribution >= 0.6 is 12.4 Å². The van der Waals surface area contributed by atoms with E-state index in [9.17, 15) is 39.6 Å². The van der Waals surface area contributed by atoms with Crippen molar-refractivity contribution < 1.29 is 44.3 Å². The molecule has 10 atom stereocenters. The molecule has 0 unspecified atom stereocenters. The Labute approximate surface area is 317 Å². The summed E-state index contributed by atoms with van der Waals surface area (Å²) in [6.45, 7) is 15.3. The van der Waals surface area contributed by atoms with Crippen molar-refractivity contribution in [2.24, 2.45) is 35.3 Å². The topological polar surface area (TPSA) is 245 Å². The lowest BCUT2D eigenvalue weighted by atomic mass is 9.77. The molecule has 298 valence electrons. The lowest BCUT2D eigenvalue weighted by Gasteiger charge is -2.46. The third kappa shape index (κ3) is 8.94. The quantitative estimate of drug-likeness (QED) is 0.0842. The number of hydrogen-bond donors (Lipinski definition) is 7. The van der Waals surface area contributed by atoms with Crippen LogP contribution in [0.2, 0.25) is 0 Å². The third-order valence-corrected chi connectivity index (χ3v) is 11.3. The first-order valence-electron chi connectivity index (χ1n) is 18.2. The van der Waals surface area contributed by atoms with Crippen LogP contribution in [0.4, 0.5) is 0 Å². The second-order valence-electron chi connectivity index (χ2n) is 15.3. The molecule has 0 aromatic carbocycles. The van der Waals surface area contributed by atoms with Gasteiger partial charge >= 0.3 is 11.9 Å². The number of likely N-dealkylation sites (tertiary alicyclic amines) is 2. The summed E-state index contributed by atoms with van der Waals surface area (Å²) < 4.78 is 4.58. The number of β-lactam (4-membered cyclic amide) rings is 2. The van der Waals surface area contributed by atoms with E-state index < -0.39 is 36.0 Å². The predicted octanol–water partition coefficient (Wildman–Crippen LogP) is 1.20. The van der Waals surface area contributed by atoms with Gasteiger partial charge in [0.1, 0.15) is 11.4 Å². The van der Waals surface area contributed by atoms with Crippen molar-refractivity contribution in [3.63, 3.8) is 0 Å². The van der Waals surface area contributed by atoms with Crippen molar-refractivity contribution in [3.8, 4) is 0 Å². The predicted molar refractivity (Wildman–Crippen MR) is 198 cm³/mol. The second kappa shape index (κ2) is 18.3. The number of rotatable bonds is 12. The van der Waals surface area contributed by atoms with E-state index in [2.05, 4.69) is 14.5 Å². The van der Waals surface area contributed by atoms with Crippen LogP contribution in [0.3, 0.4) is 0 Å². The molecule has 0 aromatic heterocycles. The lowest BCUT2D eigenvalue weighted by Crippen LogP contribution is -2.63. The monoisotopic (exact) mass is 767 g/mol. The number of halogens is 1. The molecular formula is C36H58ClN7O9. The summed E-state index contributed by atoms with van der Waals surface area (Å²) in [4.78, 5) is 55.0. The number of hydrogen-bond acceptors (Lipinski definition) is 12. The van der Waals surface area contributed by atoms with Gasteiger partial charge in [0.05, 0.1) is 42.2 Å². The molecule has 16 nitrogen and oxygen atoms in total. The SMILES string of the molecule is CC(C)OC=N.C[C@@H](O)[C@H]1C(=O)N2C(C(=O)O)=C(CN3CC[C@H](CC=N)C3)[C@H](C)[C@H]12.C[C@@H](O)[C@H]1C(=O)N2C(C(=O)O)=C(CN3CC[C@H](N)C3)[C@H](C)[C@H]12.Cl. The van der Waals surface area contributed by atoms with E-state index in [0.717, 1.165) is 63.0 Å². The molecule has 6 aliphatic heterocycles. The number of aliphatic hydroxyl groups excluding tert-OH is 2. The Kier molecular flexibility index (Phi) is 15.2. The zero-order valence-corrected chi connectivity index (χ0v) is 32.3. The number of aliphatic carboxylic acids is 2. The first kappa shape index (κ1) is 44.0. The maximum atomic E-state index is 12.3. The molecule has 0 bridgehead atoms. The van der Waals surface area contributed by atoms with Gasteiger partial charge in [-0.1, -0.05) is 13.8 Å². The summed E-state index contributed by atoms with van der Waals surface area (Å²) in [7, 11) is 0. The minimum atomic E-state index is -1.06. The Balaban J connectivity index is 0.000000244. The Morgan fingerprint density at radius 1 is 0.830 bits per heavy atom. The van der Waals surface area contributed by atoms with Gasteiger partial charge in [-0.2, -0.15) is 0 Å². The molecule has 6 aliphatic rings. The Morgan fingerprint density at radius 2 is 1.26 bits per heavy atom. The molecule has 6 rings (SSSR count). The van der Waals surface area contributed by atoms with Crippen molar-refractivity contribution in [2.75, 3.05) is 39.3 Å². The fourth-order valence-electron chi connectivity index (χ4n) is 8.75. The average Bonchev–Trinajstić information content (AvgIpc) is 3.78. The number of carbonyl (C=O) groups is 4. The van der Waals surface area contributed by atoms with E-state index in [4.69, 9.17) is 16.6 Å². The van der Waals surface area contributed by atoms with Crippen LogP contribution in [0.5, 0.6) is 0 Å². The molecule has 4 saturated heterocycles. The lowest BCUT2D eigenvalue weighted by molar-refractivity contribution is -0.163. The summed E-state index contributed by atoms with van der Waals surface area (Å²) in [6.07, 6.45) is 3.70. The highest BCUT2D eigenvalue weighted by molar-refractivity contribution is 6.01. The minimum absolute atomic E-state index is 0. The number of nitrogens with one attached hydrogen (secondary N) is 2. The van der Waals surface area contributed by atoms with Gasteiger partial charge in [0.15, 0.2) is 6.40 Å². The van der Waals surface area contributed by atoms with E-state index in [1.807, 2.05) is 27.7 Å². The zero-order chi connectivity index (χ0) is 38.8. The van der Waals surface area contributed by atoms with Crippen LogP contribution < -0.4 is 5.73 Å². The molecule has 0 aromatic rings. The summed E-state index contributed by atoms with van der Waals surface area (Å²) in [5, 5.41) is 52.4. The van der Waals surface area contributed by atoms with Crippen molar-refractivity contribution in [1.29, 1.82) is 10.8 Å². The molecule has 0 spiro atoms. The van der Waals surface area contributed by atoms with Crippen LogP contribution in [0, 0.1) is 40.4 Å². The van der Waals surface area contributed by atoms with Crippen molar-refractivity contribution >= 4 is 48.8 Å². The van der Waals surface area contributed by atoms with Crippen molar-refractivity contribution in [3.05, 3.63) is 22.5 Å². The number of nitrogens with zero attached hydrogens (tertiary/aromatic N) is 4. The van der Waals surface area contributed by atoms with E-state index in [0.29, 0.717) is 19.0 Å². The Hall–Kier alpha value is -3.41. The van der Waals surface area contributed by atoms with Gasteiger partial charge < -0.3 is 46.1 Å². The molecule has 4 fully saturated rings. The Morgan fingerprint density at radius 3 is 1.58 bits per heavy atom. The number of aliphatic hydroxyl groups is 2. The number of carboxylic acid groups (broad SMARTS) is 2. The number of carbonyl (C=O) groups excluding carboxylic acids is 2. The fraction of sp³-hybridized carbons (Fsp3) is 0.722. The Bertz CT molecular complexity index is 1470. The van der Waals surface area contributed by atoms with Gasteiger partial charge in [0.2, 0.25) is 11.8 Å². The second-order valence-corrected chi connectivity index (χ2v) is 15.3. The smallest absolute Gasteiger partial charge is 0.352 e. The summed E-state index contributed by atoms with van der Waals surface area (Å²) in [5.41, 5.74) is 7.71. The molecular weight excluding hydrogens is 710 g/mol. The molecule has 17 heteroatoms. The largest absolute Gasteiger partial charge is 0.481 e. The van der Waals surface area contributed by atoms with Crippen LogP contribution in [0.25, 0.3) is 0 Å². The van der Waals surface area contributed by atoms with Gasteiger partial charge in [-0.15, -0.1) is 12.4 Å². The first-order valence-corrected chi connectivity index (χ1v) is 18.2. The van der Waals surface area contributed by atoms with Gasteiger partial charge in [0.25, 0.3) is 0 Å². The third-order valence-electron chi connectivity index (χ3n) is 11.3. The summed E-state index contributed by atoms with van der Waals surface area (Å²) in [6, 6.07) is -0.335. The average molecular weight is 768 g/mol. The summed E-state index contributed by atoms with van der Waals surface area (Å²) >= 11 is 0. The molecule has 6 heterocycles. The van der Waals surface area contributed by atoms with Crippen molar-refractivity contribution in [1.82, 2.24) is 19.6 Å². The molecule has 53 heavy (non-hydrogen) atoms. The van der Waals surface area contributed by atoms with Crippen LogP contribution in [0.15, 0.2) is 22.5 Å². The van der Waals surface area contributed by atoms with Crippen LogP contribution in [-0.4, -0.2) is 152 Å². The standard InChI is InChI=1S/C17H25N3O4.C15H23N3O4.C4H9NO.ClH/c1-9-12(8-19-6-4-11(7-19)3-5-18)15(17(23)24)20-14(9)13(10(2)21)16(20)22;1-7-10(6-17-4-3-9(16)5-17)13(15(21)22)18-12(7)11(8(2)19)14(18)20;1-4(2)6-3-5;/h5,9-11,13-14,18,21H,3-4,6-8H2,1-2H3,(H,23,24);7-9,11-12,19H,3-6,16H2,1-2H3,(H,21,22);3-5H,1-2H3;1H/t9-,10+,11-,13+,14+;7-,8+,9-,11+,12+;;/m00../s1. The van der Waals surface area contributed by atoms with Gasteiger partial charge in [-0.05, 0) is 76.8 Å². The maximum absolute atomic E-state index is 12.3. The highest BCUT2D eigenvalue weighted by atomic mass is 35.5. The van der Waals surface area contributed by atoms with Crippen LogP contribution in [0.1, 0.15) is 60.8 Å². The fourth-order valence-corrected chi connectivity index (χ4v) is 8.75. The van der Waals surface area contributed by atoms with Gasteiger partial charge in [0, 0.05) is 50.6 Å². The zero-order valence-electron chi connectivity index (χ0n) is 31.5. The highest BCUT2D eigenvalue weighted by Gasteiger charge is 2.61. The summed E-state index contributed by atoms with van der Waals surface area (Å²) in [5.74, 6) is -3.35. The minimum Gasteiger partial charge on any atom is -0.481 e. The number of ether oxygens (including phenoxy) is 1. The van der Waals surface area contributed by atoms with E-state index in [1.165, 1.54) is 16.0 Å². The molecule has 8 N–H and O–H groups in total. The normalized spacial score (nSPS) is 31.7. The van der Waals surface area contributed by atoms with Crippen LogP contribution in [-0.2, 0) is 23.9 Å². The number of fused-ring (bicyclic) bond motifs is 2. The van der Waals surface area contributed by atoms with E-state index in [1.54, 1.807) is 13.8 Å². The van der Waals surface area contributed by atoms with Gasteiger partial charge in [-0.3, -0.25) is 24.8 Å². The number of nitrogens with two attached hydrogens (primary N) is 1. The van der Waals surface area contributed by atoms with E-state index in [-0.39, 0.29) is 71.7 Å².